The molecule has 0 aliphatic rings. The Balaban J connectivity index is 2.12. The number of ether oxygens (including phenoxy) is 1. The van der Waals surface area contributed by atoms with Gasteiger partial charge >= 0.3 is 5.97 Å². The molecule has 0 atom stereocenters. The van der Waals surface area contributed by atoms with E-state index < -0.39 is 28.4 Å². The third kappa shape index (κ3) is 5.15. The summed E-state index contributed by atoms with van der Waals surface area (Å²) >= 11 is 0. The van der Waals surface area contributed by atoms with Gasteiger partial charge in [-0.05, 0) is 38.1 Å². The van der Waals surface area contributed by atoms with Crippen LogP contribution in [0.15, 0.2) is 53.4 Å². The first-order chi connectivity index (χ1) is 12.8. The van der Waals surface area contributed by atoms with Crippen molar-refractivity contribution in [2.24, 2.45) is 0 Å². The number of hydrogen-bond donors (Lipinski definition) is 1. The summed E-state index contributed by atoms with van der Waals surface area (Å²) < 4.78 is 31.0. The lowest BCUT2D eigenvalue weighted by atomic mass is 10.2. The highest BCUT2D eigenvalue weighted by molar-refractivity contribution is 7.89. The molecule has 0 aliphatic heterocycles. The maximum atomic E-state index is 12.6. The molecule has 2 aromatic carbocycles. The normalized spacial score (nSPS) is 11.3. The zero-order chi connectivity index (χ0) is 20.0. The summed E-state index contributed by atoms with van der Waals surface area (Å²) in [6, 6.07) is 12.8. The van der Waals surface area contributed by atoms with Crippen LogP contribution < -0.4 is 5.32 Å². The molecule has 0 bridgehead atoms. The van der Waals surface area contributed by atoms with Crippen molar-refractivity contribution in [2.45, 2.75) is 18.7 Å². The van der Waals surface area contributed by atoms with Crippen molar-refractivity contribution in [3.63, 3.8) is 0 Å². The standard InChI is InChI=1S/C19H22N2O5S/c1-4-26-19(23)16-7-5-6-8-17(16)20-18(22)13-21(3)27(24,25)15-11-9-14(2)10-12-15/h5-12H,4,13H2,1-3H3,(H,20,22). The minimum absolute atomic E-state index is 0.107. The zero-order valence-electron chi connectivity index (χ0n) is 15.4. The van der Waals surface area contributed by atoms with Crippen molar-refractivity contribution in [2.75, 3.05) is 25.5 Å². The summed E-state index contributed by atoms with van der Waals surface area (Å²) in [5.41, 5.74) is 1.41. The summed E-state index contributed by atoms with van der Waals surface area (Å²) in [7, 11) is -2.47. The van der Waals surface area contributed by atoms with Gasteiger partial charge in [-0.1, -0.05) is 29.8 Å². The van der Waals surface area contributed by atoms with Gasteiger partial charge in [-0.2, -0.15) is 4.31 Å². The van der Waals surface area contributed by atoms with E-state index in [-0.39, 0.29) is 22.8 Å². The SMILES string of the molecule is CCOC(=O)c1ccccc1NC(=O)CN(C)S(=O)(=O)c1ccc(C)cc1. The Hall–Kier alpha value is -2.71. The van der Waals surface area contributed by atoms with Crippen LogP contribution >= 0.6 is 0 Å². The van der Waals surface area contributed by atoms with Gasteiger partial charge in [0.25, 0.3) is 0 Å². The molecule has 0 unspecified atom stereocenters. The third-order valence-corrected chi connectivity index (χ3v) is 5.61. The Morgan fingerprint density at radius 1 is 1.07 bits per heavy atom. The smallest absolute Gasteiger partial charge is 0.340 e. The zero-order valence-corrected chi connectivity index (χ0v) is 16.2. The van der Waals surface area contributed by atoms with Crippen LogP contribution in [-0.2, 0) is 19.6 Å². The van der Waals surface area contributed by atoms with Gasteiger partial charge in [-0.3, -0.25) is 4.79 Å². The van der Waals surface area contributed by atoms with Crippen molar-refractivity contribution in [1.82, 2.24) is 4.31 Å². The number of esters is 1. The molecule has 8 heteroatoms. The van der Waals surface area contributed by atoms with E-state index in [1.807, 2.05) is 6.92 Å². The molecule has 7 nitrogen and oxygen atoms in total. The van der Waals surface area contributed by atoms with Crippen LogP contribution in [0.3, 0.4) is 0 Å². The molecule has 1 amide bonds. The van der Waals surface area contributed by atoms with Gasteiger partial charge in [0, 0.05) is 7.05 Å². The molecule has 0 fully saturated rings. The highest BCUT2D eigenvalue weighted by Gasteiger charge is 2.23. The summed E-state index contributed by atoms with van der Waals surface area (Å²) in [5, 5.41) is 2.57. The van der Waals surface area contributed by atoms with Gasteiger partial charge in [0.2, 0.25) is 15.9 Å². The Kier molecular flexibility index (Phi) is 6.70. The lowest BCUT2D eigenvalue weighted by Gasteiger charge is -2.17. The van der Waals surface area contributed by atoms with E-state index in [0.717, 1.165) is 9.87 Å². The Labute approximate surface area is 159 Å². The first kappa shape index (κ1) is 20.6. The molecule has 0 radical (unpaired) electrons. The quantitative estimate of drug-likeness (QED) is 0.733. The van der Waals surface area contributed by atoms with E-state index >= 15 is 0 Å². The van der Waals surface area contributed by atoms with Crippen LogP contribution in [0.25, 0.3) is 0 Å². The van der Waals surface area contributed by atoms with Crippen LogP contribution in [0.5, 0.6) is 0 Å². The molecular weight excluding hydrogens is 368 g/mol. The molecule has 0 aromatic heterocycles. The summed E-state index contributed by atoms with van der Waals surface area (Å²) in [5.74, 6) is -1.13. The maximum Gasteiger partial charge on any atom is 0.340 e. The van der Waals surface area contributed by atoms with Gasteiger partial charge in [0.1, 0.15) is 0 Å². The Morgan fingerprint density at radius 3 is 2.33 bits per heavy atom. The number of benzene rings is 2. The van der Waals surface area contributed by atoms with Crippen molar-refractivity contribution >= 4 is 27.6 Å². The van der Waals surface area contributed by atoms with E-state index in [9.17, 15) is 18.0 Å². The first-order valence-corrected chi connectivity index (χ1v) is 9.78. The van der Waals surface area contributed by atoms with Crippen molar-refractivity contribution in [3.05, 3.63) is 59.7 Å². The van der Waals surface area contributed by atoms with E-state index in [1.165, 1.54) is 25.2 Å². The monoisotopic (exact) mass is 390 g/mol. The number of hydrogen-bond acceptors (Lipinski definition) is 5. The maximum absolute atomic E-state index is 12.6. The number of carbonyl (C=O) groups is 2. The van der Waals surface area contributed by atoms with Crippen molar-refractivity contribution < 1.29 is 22.7 Å². The molecule has 1 N–H and O–H groups in total. The largest absolute Gasteiger partial charge is 0.462 e. The third-order valence-electron chi connectivity index (χ3n) is 3.79. The highest BCUT2D eigenvalue weighted by atomic mass is 32.2. The average Bonchev–Trinajstić information content (AvgIpc) is 2.62. The summed E-state index contributed by atoms with van der Waals surface area (Å²) in [4.78, 5) is 24.4. The van der Waals surface area contributed by atoms with E-state index in [1.54, 1.807) is 37.3 Å². The fourth-order valence-corrected chi connectivity index (χ4v) is 3.47. The number of carbonyl (C=O) groups excluding carboxylic acids is 2. The molecule has 0 saturated carbocycles. The number of likely N-dealkylation sites (N-methyl/N-ethyl adjacent to an activating group) is 1. The first-order valence-electron chi connectivity index (χ1n) is 8.34. The Morgan fingerprint density at radius 2 is 1.70 bits per heavy atom. The lowest BCUT2D eigenvalue weighted by Crippen LogP contribution is -2.35. The predicted octanol–water partition coefficient (Wildman–Crippen LogP) is 2.43. The molecule has 0 spiro atoms. The van der Waals surface area contributed by atoms with Crippen LogP contribution in [0.4, 0.5) is 5.69 Å². The number of anilines is 1. The second-order valence-corrected chi connectivity index (χ2v) is 7.93. The Bertz CT molecular complexity index is 923. The molecule has 144 valence electrons. The fourth-order valence-electron chi connectivity index (χ4n) is 2.35. The topological polar surface area (TPSA) is 92.8 Å². The number of rotatable bonds is 7. The van der Waals surface area contributed by atoms with Gasteiger partial charge in [-0.15, -0.1) is 0 Å². The summed E-state index contributed by atoms with van der Waals surface area (Å²) in [6.07, 6.45) is 0. The second-order valence-electron chi connectivity index (χ2n) is 5.89. The minimum atomic E-state index is -3.80. The molecular formula is C19H22N2O5S. The molecule has 0 heterocycles. The molecule has 0 aliphatic carbocycles. The van der Waals surface area contributed by atoms with E-state index in [0.29, 0.717) is 0 Å². The van der Waals surface area contributed by atoms with E-state index in [4.69, 9.17) is 4.74 Å². The highest BCUT2D eigenvalue weighted by Crippen LogP contribution is 2.18. The molecule has 0 saturated heterocycles. The molecule has 27 heavy (non-hydrogen) atoms. The number of sulfonamides is 1. The van der Waals surface area contributed by atoms with Crippen LogP contribution in [0, 0.1) is 6.92 Å². The van der Waals surface area contributed by atoms with Gasteiger partial charge < -0.3 is 10.1 Å². The van der Waals surface area contributed by atoms with Crippen molar-refractivity contribution in [3.8, 4) is 0 Å². The van der Waals surface area contributed by atoms with Gasteiger partial charge in [0.15, 0.2) is 0 Å². The number of aryl methyl sites for hydroxylation is 1. The average molecular weight is 390 g/mol. The molecule has 2 aromatic rings. The predicted molar refractivity (Wildman–Crippen MR) is 102 cm³/mol. The van der Waals surface area contributed by atoms with Crippen molar-refractivity contribution in [1.29, 1.82) is 0 Å². The number of nitrogens with zero attached hydrogens (tertiary/aromatic N) is 1. The number of nitrogens with one attached hydrogen (secondary N) is 1. The van der Waals surface area contributed by atoms with Gasteiger partial charge in [0.05, 0.1) is 29.3 Å². The summed E-state index contributed by atoms with van der Waals surface area (Å²) in [6.45, 7) is 3.35. The number of para-hydroxylation sites is 1. The van der Waals surface area contributed by atoms with Crippen LogP contribution in [-0.4, -0.2) is 44.8 Å². The minimum Gasteiger partial charge on any atom is -0.462 e. The molecule has 2 rings (SSSR count). The lowest BCUT2D eigenvalue weighted by molar-refractivity contribution is -0.116. The van der Waals surface area contributed by atoms with Crippen LogP contribution in [0.1, 0.15) is 22.8 Å². The van der Waals surface area contributed by atoms with Crippen LogP contribution in [0.2, 0.25) is 0 Å². The number of amides is 1. The fraction of sp³-hybridized carbons (Fsp3) is 0.263. The van der Waals surface area contributed by atoms with Gasteiger partial charge in [-0.25, -0.2) is 13.2 Å². The second kappa shape index (κ2) is 8.79. The van der Waals surface area contributed by atoms with E-state index in [2.05, 4.69) is 5.32 Å².